The van der Waals surface area contributed by atoms with Crippen molar-refractivity contribution >= 4 is 16.7 Å². The fourth-order valence-corrected chi connectivity index (χ4v) is 2.56. The van der Waals surface area contributed by atoms with Crippen molar-refractivity contribution in [2.75, 3.05) is 0 Å². The summed E-state index contributed by atoms with van der Waals surface area (Å²) in [6.07, 6.45) is 1.60. The van der Waals surface area contributed by atoms with E-state index in [4.69, 9.17) is 4.42 Å². The largest absolute Gasteiger partial charge is 0.460 e. The van der Waals surface area contributed by atoms with E-state index in [1.54, 1.807) is 18.4 Å². The number of hydrogen-bond acceptors (Lipinski definition) is 3. The fraction of sp³-hybridized carbons (Fsp3) is 0. The normalized spacial score (nSPS) is 10.8. The lowest BCUT2D eigenvalue weighted by molar-refractivity contribution is 0.100. The highest BCUT2D eigenvalue weighted by atomic mass is 16.3. The van der Waals surface area contributed by atoms with Crippen molar-refractivity contribution in [2.45, 2.75) is 0 Å². The monoisotopic (exact) mass is 299 g/mol. The molecule has 0 unspecified atom stereocenters. The first-order valence-electron chi connectivity index (χ1n) is 7.36. The molecule has 4 rings (SSSR count). The van der Waals surface area contributed by atoms with Crippen LogP contribution in [-0.2, 0) is 0 Å². The van der Waals surface area contributed by atoms with Crippen LogP contribution in [0.15, 0.2) is 83.5 Å². The molecule has 0 N–H and O–H groups in total. The number of nitrogens with zero attached hydrogens (tertiary/aromatic N) is 1. The molecule has 0 fully saturated rings. The first-order chi connectivity index (χ1) is 11.3. The molecule has 110 valence electrons. The molecule has 23 heavy (non-hydrogen) atoms. The molecule has 4 aromatic rings. The third kappa shape index (κ3) is 2.53. The van der Waals surface area contributed by atoms with E-state index in [1.165, 1.54) is 0 Å². The first-order valence-corrected chi connectivity index (χ1v) is 7.36. The Hall–Kier alpha value is -3.20. The van der Waals surface area contributed by atoms with Crippen LogP contribution in [-0.4, -0.2) is 10.8 Å². The highest BCUT2D eigenvalue weighted by Crippen LogP contribution is 2.23. The van der Waals surface area contributed by atoms with E-state index in [-0.39, 0.29) is 5.78 Å². The smallest absolute Gasteiger partial charge is 0.246 e. The number of carbonyl (C=O) groups is 1. The van der Waals surface area contributed by atoms with Crippen LogP contribution >= 0.6 is 0 Å². The Labute approximate surface area is 133 Å². The van der Waals surface area contributed by atoms with Crippen LogP contribution in [0.2, 0.25) is 0 Å². The Morgan fingerprint density at radius 1 is 0.826 bits per heavy atom. The number of hydrogen-bond donors (Lipinski definition) is 0. The molecule has 0 aliphatic carbocycles. The summed E-state index contributed by atoms with van der Waals surface area (Å²) >= 11 is 0. The number of pyridine rings is 1. The summed E-state index contributed by atoms with van der Waals surface area (Å²) in [6, 6.07) is 22.9. The predicted octanol–water partition coefficient (Wildman–Crippen LogP) is 4.73. The van der Waals surface area contributed by atoms with Crippen molar-refractivity contribution < 1.29 is 9.21 Å². The van der Waals surface area contributed by atoms with Crippen LogP contribution in [0.4, 0.5) is 0 Å². The van der Waals surface area contributed by atoms with Crippen LogP contribution in [0.1, 0.15) is 16.2 Å². The molecule has 0 saturated heterocycles. The summed E-state index contributed by atoms with van der Waals surface area (Å²) in [4.78, 5) is 17.0. The van der Waals surface area contributed by atoms with Gasteiger partial charge in [0, 0.05) is 10.9 Å². The topological polar surface area (TPSA) is 43.1 Å². The molecule has 3 heteroatoms. The van der Waals surface area contributed by atoms with E-state index < -0.39 is 0 Å². The minimum atomic E-state index is -0.210. The van der Waals surface area contributed by atoms with Gasteiger partial charge in [0.1, 0.15) is 5.69 Å². The van der Waals surface area contributed by atoms with Crippen molar-refractivity contribution in [1.29, 1.82) is 0 Å². The molecule has 0 saturated carbocycles. The molecule has 0 amide bonds. The Kier molecular flexibility index (Phi) is 3.24. The lowest BCUT2D eigenvalue weighted by Crippen LogP contribution is -2.02. The Balaban J connectivity index is 1.69. The lowest BCUT2D eigenvalue weighted by Gasteiger charge is -2.00. The molecule has 0 aliphatic heterocycles. The summed E-state index contributed by atoms with van der Waals surface area (Å²) in [6.45, 7) is 0. The fourth-order valence-electron chi connectivity index (χ4n) is 2.56. The van der Waals surface area contributed by atoms with Gasteiger partial charge < -0.3 is 4.42 Å². The standard InChI is InChI=1S/C20H13NO2/c22-20(18-11-10-15-8-4-5-9-17(15)21-18)19-12-16(13-23-19)14-6-2-1-3-7-14/h1-13H. The third-order valence-electron chi connectivity index (χ3n) is 3.76. The Bertz CT molecular complexity index is 987. The maximum Gasteiger partial charge on any atom is 0.246 e. The molecule has 0 bridgehead atoms. The minimum absolute atomic E-state index is 0.210. The summed E-state index contributed by atoms with van der Waals surface area (Å²) in [5, 5.41) is 1.01. The zero-order valence-corrected chi connectivity index (χ0v) is 12.3. The maximum absolute atomic E-state index is 12.6. The molecular weight excluding hydrogens is 286 g/mol. The van der Waals surface area contributed by atoms with Crippen molar-refractivity contribution in [3.05, 3.63) is 90.5 Å². The van der Waals surface area contributed by atoms with Gasteiger partial charge in [-0.1, -0.05) is 54.6 Å². The van der Waals surface area contributed by atoms with Crippen LogP contribution in [0.25, 0.3) is 22.0 Å². The summed E-state index contributed by atoms with van der Waals surface area (Å²) in [5.41, 5.74) is 3.09. The number of furan rings is 1. The van der Waals surface area contributed by atoms with E-state index in [9.17, 15) is 4.79 Å². The molecule has 2 aromatic heterocycles. The second-order valence-corrected chi connectivity index (χ2v) is 5.28. The molecule has 3 nitrogen and oxygen atoms in total. The van der Waals surface area contributed by atoms with Crippen LogP contribution in [0.5, 0.6) is 0 Å². The lowest BCUT2D eigenvalue weighted by atomic mass is 10.1. The number of fused-ring (bicyclic) bond motifs is 1. The quantitative estimate of drug-likeness (QED) is 0.514. The third-order valence-corrected chi connectivity index (χ3v) is 3.76. The van der Waals surface area contributed by atoms with Crippen molar-refractivity contribution in [2.24, 2.45) is 0 Å². The summed E-state index contributed by atoms with van der Waals surface area (Å²) in [7, 11) is 0. The number of rotatable bonds is 3. The number of aromatic nitrogens is 1. The van der Waals surface area contributed by atoms with E-state index in [1.807, 2.05) is 60.7 Å². The molecule has 0 atom stereocenters. The highest BCUT2D eigenvalue weighted by molar-refractivity contribution is 6.07. The number of ketones is 1. The van der Waals surface area contributed by atoms with E-state index in [2.05, 4.69) is 4.98 Å². The van der Waals surface area contributed by atoms with Gasteiger partial charge in [-0.05, 0) is 23.8 Å². The van der Waals surface area contributed by atoms with Gasteiger partial charge >= 0.3 is 0 Å². The van der Waals surface area contributed by atoms with Gasteiger partial charge in [-0.25, -0.2) is 4.98 Å². The number of para-hydroxylation sites is 1. The Morgan fingerprint density at radius 3 is 2.48 bits per heavy atom. The van der Waals surface area contributed by atoms with E-state index in [0.717, 1.165) is 22.0 Å². The average Bonchev–Trinajstić information content (AvgIpc) is 3.11. The molecule has 2 heterocycles. The van der Waals surface area contributed by atoms with Crippen LogP contribution in [0, 0.1) is 0 Å². The summed E-state index contributed by atoms with van der Waals surface area (Å²) in [5.74, 6) is 0.0876. The van der Waals surface area contributed by atoms with Crippen molar-refractivity contribution in [3.8, 4) is 11.1 Å². The highest BCUT2D eigenvalue weighted by Gasteiger charge is 2.16. The van der Waals surface area contributed by atoms with Gasteiger partial charge in [0.25, 0.3) is 0 Å². The van der Waals surface area contributed by atoms with Crippen LogP contribution < -0.4 is 0 Å². The molecule has 0 radical (unpaired) electrons. The average molecular weight is 299 g/mol. The Morgan fingerprint density at radius 2 is 1.61 bits per heavy atom. The molecular formula is C20H13NO2. The van der Waals surface area contributed by atoms with Crippen LogP contribution in [0.3, 0.4) is 0 Å². The van der Waals surface area contributed by atoms with E-state index in [0.29, 0.717) is 11.5 Å². The zero-order chi connectivity index (χ0) is 15.6. The molecule has 2 aromatic carbocycles. The van der Waals surface area contributed by atoms with Gasteiger partial charge in [-0.3, -0.25) is 4.79 Å². The van der Waals surface area contributed by atoms with Gasteiger partial charge in [-0.15, -0.1) is 0 Å². The minimum Gasteiger partial charge on any atom is -0.460 e. The van der Waals surface area contributed by atoms with Gasteiger partial charge in [-0.2, -0.15) is 0 Å². The van der Waals surface area contributed by atoms with E-state index >= 15 is 0 Å². The van der Waals surface area contributed by atoms with Crippen molar-refractivity contribution in [1.82, 2.24) is 4.98 Å². The zero-order valence-electron chi connectivity index (χ0n) is 12.3. The summed E-state index contributed by atoms with van der Waals surface area (Å²) < 4.78 is 5.46. The predicted molar refractivity (Wildman–Crippen MR) is 89.3 cm³/mol. The second kappa shape index (κ2) is 5.54. The second-order valence-electron chi connectivity index (χ2n) is 5.28. The molecule has 0 aliphatic rings. The number of carbonyl (C=O) groups excluding carboxylic acids is 1. The van der Waals surface area contributed by atoms with Crippen molar-refractivity contribution in [3.63, 3.8) is 0 Å². The number of benzene rings is 2. The van der Waals surface area contributed by atoms with Gasteiger partial charge in [0.15, 0.2) is 5.76 Å². The van der Waals surface area contributed by atoms with Gasteiger partial charge in [0.2, 0.25) is 5.78 Å². The SMILES string of the molecule is O=C(c1ccc2ccccc2n1)c1cc(-c2ccccc2)co1. The van der Waals surface area contributed by atoms with Gasteiger partial charge in [0.05, 0.1) is 11.8 Å². The molecule has 0 spiro atoms. The maximum atomic E-state index is 12.6. The first kappa shape index (κ1) is 13.5.